The molecule has 0 aliphatic rings. The van der Waals surface area contributed by atoms with E-state index in [9.17, 15) is 9.90 Å². The molecule has 1 rings (SSSR count). The molecular weight excluding hydrogens is 324 g/mol. The van der Waals surface area contributed by atoms with Crippen LogP contribution in [0.3, 0.4) is 0 Å². The van der Waals surface area contributed by atoms with Crippen molar-refractivity contribution in [2.24, 2.45) is 5.92 Å². The van der Waals surface area contributed by atoms with Gasteiger partial charge in [-0.2, -0.15) is 0 Å². The highest BCUT2D eigenvalue weighted by Crippen LogP contribution is 2.18. The third-order valence-electron chi connectivity index (χ3n) is 3.66. The molecule has 0 spiro atoms. The van der Waals surface area contributed by atoms with Crippen LogP contribution in [0.15, 0.2) is 49.2 Å². The number of carbonyl (C=O) groups is 1. The molecule has 0 radical (unpaired) electrons. The molecular formula is C19H27ClN2O2. The van der Waals surface area contributed by atoms with Crippen LogP contribution in [0.25, 0.3) is 0 Å². The highest BCUT2D eigenvalue weighted by atomic mass is 35.5. The molecule has 3 N–H and O–H groups in total. The van der Waals surface area contributed by atoms with Gasteiger partial charge in [-0.25, -0.2) is 0 Å². The molecule has 0 aliphatic carbocycles. The van der Waals surface area contributed by atoms with Gasteiger partial charge in [-0.3, -0.25) is 4.79 Å². The Morgan fingerprint density at radius 3 is 2.58 bits per heavy atom. The number of carbonyl (C=O) groups excluding carboxylic acids is 1. The first-order chi connectivity index (χ1) is 11.5. The molecule has 0 heterocycles. The minimum atomic E-state index is -1.06. The number of benzene rings is 1. The van der Waals surface area contributed by atoms with Gasteiger partial charge in [0.25, 0.3) is 0 Å². The van der Waals surface area contributed by atoms with E-state index in [0.29, 0.717) is 24.5 Å². The van der Waals surface area contributed by atoms with Crippen molar-refractivity contribution in [2.45, 2.75) is 32.3 Å². The average Bonchev–Trinajstić information content (AvgIpc) is 2.57. The van der Waals surface area contributed by atoms with Crippen LogP contribution >= 0.6 is 11.6 Å². The number of nitrogens with one attached hydrogen (secondary N) is 2. The fourth-order valence-electron chi connectivity index (χ4n) is 2.30. The van der Waals surface area contributed by atoms with E-state index < -0.39 is 12.0 Å². The number of halogens is 1. The molecule has 0 fully saturated rings. The smallest absolute Gasteiger partial charge is 0.229 e. The first-order valence-electron chi connectivity index (χ1n) is 8.22. The molecule has 4 nitrogen and oxygen atoms in total. The van der Waals surface area contributed by atoms with E-state index in [1.165, 1.54) is 11.6 Å². The molecule has 0 unspecified atom stereocenters. The summed E-state index contributed by atoms with van der Waals surface area (Å²) in [5.41, 5.74) is 2.44. The van der Waals surface area contributed by atoms with Gasteiger partial charge >= 0.3 is 0 Å². The average molecular weight is 351 g/mol. The third kappa shape index (κ3) is 6.38. The van der Waals surface area contributed by atoms with Crippen LogP contribution in [0.5, 0.6) is 0 Å². The van der Waals surface area contributed by atoms with Gasteiger partial charge in [-0.05, 0) is 30.5 Å². The van der Waals surface area contributed by atoms with Crippen LogP contribution < -0.4 is 10.6 Å². The fraction of sp³-hybridized carbons (Fsp3) is 0.421. The molecule has 5 heteroatoms. The molecule has 0 saturated carbocycles. The van der Waals surface area contributed by atoms with Crippen molar-refractivity contribution in [2.75, 3.05) is 17.7 Å². The van der Waals surface area contributed by atoms with Crippen molar-refractivity contribution >= 4 is 23.2 Å². The standard InChI is InChI=1S/C19H27ClN2O2/c1-4-7-15-8-10-16(11-9-15)22-14(3)18(23)17(5-2)19(24)21-13-6-12-20/h5,8-11,17-18,22-23H,2-4,6-7,12-13H2,1H3,(H,21,24)/t17-,18+/m1/s1. The van der Waals surface area contributed by atoms with Crippen LogP contribution in [0.4, 0.5) is 5.69 Å². The SMILES string of the molecule is C=C[C@@H](C(=O)NCCCCl)[C@@H](O)C(=C)Nc1ccc(CCC)cc1. The lowest BCUT2D eigenvalue weighted by Gasteiger charge is -2.22. The molecule has 24 heavy (non-hydrogen) atoms. The number of alkyl halides is 1. The normalized spacial score (nSPS) is 13.0. The van der Waals surface area contributed by atoms with Crippen molar-refractivity contribution in [3.05, 3.63) is 54.8 Å². The highest BCUT2D eigenvalue weighted by molar-refractivity contribution is 6.17. The van der Waals surface area contributed by atoms with Crippen molar-refractivity contribution in [1.82, 2.24) is 5.32 Å². The Morgan fingerprint density at radius 1 is 1.38 bits per heavy atom. The Hall–Kier alpha value is -1.78. The number of hydrogen-bond donors (Lipinski definition) is 3. The van der Waals surface area contributed by atoms with Crippen LogP contribution in [-0.2, 0) is 11.2 Å². The highest BCUT2D eigenvalue weighted by Gasteiger charge is 2.25. The molecule has 0 bridgehead atoms. The van der Waals surface area contributed by atoms with Gasteiger partial charge in [0.15, 0.2) is 0 Å². The topological polar surface area (TPSA) is 61.4 Å². The number of aliphatic hydroxyl groups is 1. The molecule has 0 aromatic heterocycles. The van der Waals surface area contributed by atoms with Gasteiger partial charge in [-0.1, -0.05) is 38.1 Å². The molecule has 0 aliphatic heterocycles. The van der Waals surface area contributed by atoms with Gasteiger partial charge < -0.3 is 15.7 Å². The molecule has 1 amide bonds. The van der Waals surface area contributed by atoms with E-state index in [1.54, 1.807) is 0 Å². The Morgan fingerprint density at radius 2 is 2.04 bits per heavy atom. The molecule has 1 aromatic rings. The first kappa shape index (κ1) is 20.3. The van der Waals surface area contributed by atoms with Gasteiger partial charge in [0.2, 0.25) is 5.91 Å². The summed E-state index contributed by atoms with van der Waals surface area (Å²) in [6.07, 6.45) is 3.17. The lowest BCUT2D eigenvalue weighted by Crippen LogP contribution is -2.38. The van der Waals surface area contributed by atoms with E-state index in [4.69, 9.17) is 11.6 Å². The second-order valence-electron chi connectivity index (χ2n) is 5.64. The van der Waals surface area contributed by atoms with Gasteiger partial charge in [0, 0.05) is 23.8 Å². The quantitative estimate of drug-likeness (QED) is 0.325. The third-order valence-corrected chi connectivity index (χ3v) is 3.93. The van der Waals surface area contributed by atoms with Crippen molar-refractivity contribution < 1.29 is 9.90 Å². The molecule has 132 valence electrons. The number of amides is 1. The molecule has 1 aromatic carbocycles. The van der Waals surface area contributed by atoms with E-state index in [-0.39, 0.29) is 5.91 Å². The summed E-state index contributed by atoms with van der Waals surface area (Å²) >= 11 is 5.59. The first-order valence-corrected chi connectivity index (χ1v) is 8.76. The van der Waals surface area contributed by atoms with Crippen LogP contribution in [0, 0.1) is 5.92 Å². The maximum absolute atomic E-state index is 12.1. The van der Waals surface area contributed by atoms with Gasteiger partial charge in [0.1, 0.15) is 6.10 Å². The zero-order valence-corrected chi connectivity index (χ0v) is 15.0. The fourth-order valence-corrected chi connectivity index (χ4v) is 2.43. The maximum Gasteiger partial charge on any atom is 0.229 e. The van der Waals surface area contributed by atoms with Crippen molar-refractivity contribution in [3.8, 4) is 0 Å². The van der Waals surface area contributed by atoms with E-state index in [0.717, 1.165) is 18.5 Å². The lowest BCUT2D eigenvalue weighted by atomic mass is 9.99. The Kier molecular flexibility index (Phi) is 9.20. The number of aryl methyl sites for hydroxylation is 1. The minimum Gasteiger partial charge on any atom is -0.386 e. The van der Waals surface area contributed by atoms with Crippen LogP contribution in [0.2, 0.25) is 0 Å². The Labute approximate surface area is 149 Å². The second kappa shape index (κ2) is 10.9. The summed E-state index contributed by atoms with van der Waals surface area (Å²) < 4.78 is 0. The van der Waals surface area contributed by atoms with Gasteiger partial charge in [0.05, 0.1) is 5.92 Å². The Bertz CT molecular complexity index is 543. The molecule has 2 atom stereocenters. The summed E-state index contributed by atoms with van der Waals surface area (Å²) in [5, 5.41) is 16.2. The monoisotopic (exact) mass is 350 g/mol. The van der Waals surface area contributed by atoms with Gasteiger partial charge in [-0.15, -0.1) is 18.2 Å². The number of anilines is 1. The molecule has 0 saturated heterocycles. The van der Waals surface area contributed by atoms with Crippen molar-refractivity contribution in [1.29, 1.82) is 0 Å². The number of aliphatic hydroxyl groups excluding tert-OH is 1. The summed E-state index contributed by atoms with van der Waals surface area (Å²) in [5.74, 6) is -0.576. The predicted molar refractivity (Wildman–Crippen MR) is 101 cm³/mol. The minimum absolute atomic E-state index is 0.288. The van der Waals surface area contributed by atoms with Crippen LogP contribution in [-0.4, -0.2) is 29.5 Å². The second-order valence-corrected chi connectivity index (χ2v) is 6.02. The zero-order chi connectivity index (χ0) is 17.9. The lowest BCUT2D eigenvalue weighted by molar-refractivity contribution is -0.125. The largest absolute Gasteiger partial charge is 0.386 e. The number of hydrogen-bond acceptors (Lipinski definition) is 3. The van der Waals surface area contributed by atoms with E-state index >= 15 is 0 Å². The zero-order valence-electron chi connectivity index (χ0n) is 14.2. The summed E-state index contributed by atoms with van der Waals surface area (Å²) in [4.78, 5) is 12.1. The van der Waals surface area contributed by atoms with E-state index in [2.05, 4.69) is 30.7 Å². The number of rotatable bonds is 11. The summed E-state index contributed by atoms with van der Waals surface area (Å²) in [6.45, 7) is 10.1. The summed E-state index contributed by atoms with van der Waals surface area (Å²) in [6, 6.07) is 7.95. The maximum atomic E-state index is 12.1. The van der Waals surface area contributed by atoms with Crippen LogP contribution in [0.1, 0.15) is 25.3 Å². The summed E-state index contributed by atoms with van der Waals surface area (Å²) in [7, 11) is 0. The van der Waals surface area contributed by atoms with E-state index in [1.807, 2.05) is 24.3 Å². The van der Waals surface area contributed by atoms with Crippen molar-refractivity contribution in [3.63, 3.8) is 0 Å². The predicted octanol–water partition coefficient (Wildman–Crippen LogP) is 3.47. The Balaban J connectivity index is 2.63.